The van der Waals surface area contributed by atoms with Crippen LogP contribution in [-0.4, -0.2) is 29.6 Å². The summed E-state index contributed by atoms with van der Waals surface area (Å²) in [5.41, 5.74) is 0.906. The summed E-state index contributed by atoms with van der Waals surface area (Å²) in [4.78, 5) is 16.4. The standard InChI is InChI=1S/C16H25N3O2/c1-11(2)21-16-13(5-4-7-18-16)10-19-15(20)14-9-12(3)6-8-17-14/h4-5,7,11-12,14,17H,6,8-10H2,1-3H3,(H,19,20). The first-order valence-electron chi connectivity index (χ1n) is 7.68. The highest BCUT2D eigenvalue weighted by atomic mass is 16.5. The number of nitrogens with zero attached hydrogens (tertiary/aromatic N) is 1. The van der Waals surface area contributed by atoms with Crippen LogP contribution in [0.25, 0.3) is 0 Å². The second-order valence-corrected chi connectivity index (χ2v) is 5.99. The number of carbonyl (C=O) groups excluding carboxylic acids is 1. The summed E-state index contributed by atoms with van der Waals surface area (Å²) in [7, 11) is 0. The third-order valence-corrected chi connectivity index (χ3v) is 3.63. The molecule has 0 spiro atoms. The third kappa shape index (κ3) is 4.70. The van der Waals surface area contributed by atoms with E-state index in [0.717, 1.165) is 24.9 Å². The molecule has 2 N–H and O–H groups in total. The number of hydrogen-bond acceptors (Lipinski definition) is 4. The van der Waals surface area contributed by atoms with E-state index in [1.54, 1.807) is 6.20 Å². The molecule has 1 aliphatic rings. The Labute approximate surface area is 126 Å². The van der Waals surface area contributed by atoms with Crippen molar-refractivity contribution in [3.63, 3.8) is 0 Å². The van der Waals surface area contributed by atoms with Crippen molar-refractivity contribution in [3.05, 3.63) is 23.9 Å². The zero-order valence-electron chi connectivity index (χ0n) is 13.1. The van der Waals surface area contributed by atoms with Gasteiger partial charge in [0.15, 0.2) is 0 Å². The first-order chi connectivity index (χ1) is 10.1. The van der Waals surface area contributed by atoms with Crippen molar-refractivity contribution >= 4 is 5.91 Å². The van der Waals surface area contributed by atoms with Crippen LogP contribution in [-0.2, 0) is 11.3 Å². The quantitative estimate of drug-likeness (QED) is 0.869. The summed E-state index contributed by atoms with van der Waals surface area (Å²) in [5, 5.41) is 6.25. The Balaban J connectivity index is 1.91. The fraction of sp³-hybridized carbons (Fsp3) is 0.625. The highest BCUT2D eigenvalue weighted by Crippen LogP contribution is 2.17. The van der Waals surface area contributed by atoms with Gasteiger partial charge >= 0.3 is 0 Å². The molecule has 2 atom stereocenters. The molecule has 1 aliphatic heterocycles. The van der Waals surface area contributed by atoms with Gasteiger partial charge in [0.25, 0.3) is 0 Å². The van der Waals surface area contributed by atoms with E-state index >= 15 is 0 Å². The molecule has 0 bridgehead atoms. The molecule has 1 aromatic heterocycles. The Morgan fingerprint density at radius 3 is 3.10 bits per heavy atom. The van der Waals surface area contributed by atoms with Crippen molar-refractivity contribution in [2.75, 3.05) is 6.54 Å². The number of pyridine rings is 1. The van der Waals surface area contributed by atoms with Crippen molar-refractivity contribution in [2.24, 2.45) is 5.92 Å². The lowest BCUT2D eigenvalue weighted by atomic mass is 9.94. The molecule has 5 nitrogen and oxygen atoms in total. The molecule has 2 unspecified atom stereocenters. The number of nitrogens with one attached hydrogen (secondary N) is 2. The van der Waals surface area contributed by atoms with Crippen molar-refractivity contribution < 1.29 is 9.53 Å². The molecule has 1 fully saturated rings. The van der Waals surface area contributed by atoms with E-state index in [4.69, 9.17) is 4.74 Å². The van der Waals surface area contributed by atoms with E-state index in [2.05, 4.69) is 22.5 Å². The Bertz CT molecular complexity index is 476. The molecule has 0 radical (unpaired) electrons. The van der Waals surface area contributed by atoms with Gasteiger partial charge in [-0.15, -0.1) is 0 Å². The van der Waals surface area contributed by atoms with Crippen molar-refractivity contribution in [2.45, 2.75) is 52.3 Å². The molecule has 116 valence electrons. The molecule has 0 aliphatic carbocycles. The van der Waals surface area contributed by atoms with Crippen LogP contribution in [0.15, 0.2) is 18.3 Å². The number of carbonyl (C=O) groups is 1. The number of ether oxygens (including phenoxy) is 1. The lowest BCUT2D eigenvalue weighted by Gasteiger charge is -2.27. The Kier molecular flexibility index (Phi) is 5.56. The molecule has 0 aromatic carbocycles. The summed E-state index contributed by atoms with van der Waals surface area (Å²) in [6.45, 7) is 7.47. The SMILES string of the molecule is CC1CCNC(C(=O)NCc2cccnc2OC(C)C)C1. The number of hydrogen-bond donors (Lipinski definition) is 2. The van der Waals surface area contributed by atoms with Gasteiger partial charge in [-0.1, -0.05) is 13.0 Å². The number of aromatic nitrogens is 1. The van der Waals surface area contributed by atoms with Crippen LogP contribution in [0, 0.1) is 5.92 Å². The lowest BCUT2D eigenvalue weighted by Crippen LogP contribution is -2.48. The molecule has 1 aromatic rings. The first-order valence-corrected chi connectivity index (χ1v) is 7.68. The fourth-order valence-corrected chi connectivity index (χ4v) is 2.50. The van der Waals surface area contributed by atoms with Gasteiger partial charge in [-0.05, 0) is 45.2 Å². The van der Waals surface area contributed by atoms with Gasteiger partial charge in [0.2, 0.25) is 11.8 Å². The zero-order chi connectivity index (χ0) is 15.2. The normalized spacial score (nSPS) is 22.1. The van der Waals surface area contributed by atoms with Crippen LogP contribution in [0.1, 0.15) is 39.2 Å². The van der Waals surface area contributed by atoms with E-state index in [0.29, 0.717) is 18.3 Å². The Hall–Kier alpha value is -1.62. The van der Waals surface area contributed by atoms with E-state index in [1.807, 2.05) is 26.0 Å². The molecular formula is C16H25N3O2. The molecule has 2 heterocycles. The van der Waals surface area contributed by atoms with Crippen molar-refractivity contribution in [1.82, 2.24) is 15.6 Å². The van der Waals surface area contributed by atoms with Gasteiger partial charge < -0.3 is 15.4 Å². The summed E-state index contributed by atoms with van der Waals surface area (Å²) in [6, 6.07) is 3.71. The number of piperidine rings is 1. The molecular weight excluding hydrogens is 266 g/mol. The maximum absolute atomic E-state index is 12.2. The monoisotopic (exact) mass is 291 g/mol. The minimum atomic E-state index is -0.0834. The van der Waals surface area contributed by atoms with Gasteiger partial charge in [-0.2, -0.15) is 0 Å². The summed E-state index contributed by atoms with van der Waals surface area (Å²) < 4.78 is 5.66. The predicted octanol–water partition coefficient (Wildman–Crippen LogP) is 1.87. The summed E-state index contributed by atoms with van der Waals surface area (Å²) in [5.74, 6) is 1.25. The van der Waals surface area contributed by atoms with Gasteiger partial charge in [-0.3, -0.25) is 4.79 Å². The zero-order valence-corrected chi connectivity index (χ0v) is 13.1. The van der Waals surface area contributed by atoms with E-state index in [-0.39, 0.29) is 18.1 Å². The van der Waals surface area contributed by atoms with Crippen LogP contribution in [0.4, 0.5) is 0 Å². The maximum atomic E-state index is 12.2. The topological polar surface area (TPSA) is 63.2 Å². The smallest absolute Gasteiger partial charge is 0.237 e. The second-order valence-electron chi connectivity index (χ2n) is 5.99. The number of amides is 1. The largest absolute Gasteiger partial charge is 0.475 e. The fourth-order valence-electron chi connectivity index (χ4n) is 2.50. The molecule has 5 heteroatoms. The Morgan fingerprint density at radius 2 is 2.38 bits per heavy atom. The van der Waals surface area contributed by atoms with Crippen LogP contribution in [0.2, 0.25) is 0 Å². The summed E-state index contributed by atoms with van der Waals surface area (Å²) >= 11 is 0. The van der Waals surface area contributed by atoms with Crippen molar-refractivity contribution in [3.8, 4) is 5.88 Å². The second kappa shape index (κ2) is 7.41. The molecule has 21 heavy (non-hydrogen) atoms. The maximum Gasteiger partial charge on any atom is 0.237 e. The highest BCUT2D eigenvalue weighted by molar-refractivity contribution is 5.81. The molecule has 2 rings (SSSR count). The highest BCUT2D eigenvalue weighted by Gasteiger charge is 2.24. The average Bonchev–Trinajstić information content (AvgIpc) is 2.45. The molecule has 1 amide bonds. The number of rotatable bonds is 5. The predicted molar refractivity (Wildman–Crippen MR) is 82.0 cm³/mol. The molecule has 0 saturated carbocycles. The molecule has 1 saturated heterocycles. The minimum absolute atomic E-state index is 0.0564. The van der Waals surface area contributed by atoms with Crippen LogP contribution < -0.4 is 15.4 Å². The Morgan fingerprint density at radius 1 is 1.57 bits per heavy atom. The van der Waals surface area contributed by atoms with Gasteiger partial charge in [-0.25, -0.2) is 4.98 Å². The average molecular weight is 291 g/mol. The van der Waals surface area contributed by atoms with Gasteiger partial charge in [0.05, 0.1) is 12.1 Å². The van der Waals surface area contributed by atoms with E-state index < -0.39 is 0 Å². The first kappa shape index (κ1) is 15.8. The van der Waals surface area contributed by atoms with Crippen LogP contribution in [0.3, 0.4) is 0 Å². The van der Waals surface area contributed by atoms with E-state index in [1.165, 1.54) is 0 Å². The van der Waals surface area contributed by atoms with Gasteiger partial charge in [0.1, 0.15) is 0 Å². The minimum Gasteiger partial charge on any atom is -0.475 e. The van der Waals surface area contributed by atoms with E-state index in [9.17, 15) is 4.79 Å². The summed E-state index contributed by atoms with van der Waals surface area (Å²) in [6.07, 6.45) is 3.80. The van der Waals surface area contributed by atoms with Crippen LogP contribution >= 0.6 is 0 Å². The van der Waals surface area contributed by atoms with Crippen molar-refractivity contribution in [1.29, 1.82) is 0 Å². The lowest BCUT2D eigenvalue weighted by molar-refractivity contribution is -0.124. The van der Waals surface area contributed by atoms with Crippen LogP contribution in [0.5, 0.6) is 5.88 Å². The van der Waals surface area contributed by atoms with Gasteiger partial charge in [0, 0.05) is 18.3 Å². The third-order valence-electron chi connectivity index (χ3n) is 3.63.